The van der Waals surface area contributed by atoms with Gasteiger partial charge in [0.1, 0.15) is 6.10 Å². The Kier molecular flexibility index (Phi) is 3.03. The van der Waals surface area contributed by atoms with Gasteiger partial charge in [0.15, 0.2) is 5.78 Å². The van der Waals surface area contributed by atoms with Gasteiger partial charge >= 0.3 is 0 Å². The highest BCUT2D eigenvalue weighted by molar-refractivity contribution is 5.98. The number of hydrogen-bond donors (Lipinski definition) is 1. The van der Waals surface area contributed by atoms with Crippen molar-refractivity contribution in [3.63, 3.8) is 0 Å². The largest absolute Gasteiger partial charge is 0.385 e. The van der Waals surface area contributed by atoms with Crippen LogP contribution in [0, 0.1) is 17.3 Å². The number of rotatable bonds is 0. The molecule has 0 aromatic carbocycles. The fourth-order valence-corrected chi connectivity index (χ4v) is 3.42. The summed E-state index contributed by atoms with van der Waals surface area (Å²) in [6, 6.07) is 0. The van der Waals surface area contributed by atoms with Crippen LogP contribution in [0.4, 0.5) is 0 Å². The molecule has 2 heteroatoms. The van der Waals surface area contributed by atoms with Crippen molar-refractivity contribution in [2.45, 2.75) is 46.1 Å². The molecule has 0 amide bonds. The third-order valence-corrected chi connectivity index (χ3v) is 4.52. The summed E-state index contributed by atoms with van der Waals surface area (Å²) >= 11 is 0. The van der Waals surface area contributed by atoms with Crippen LogP contribution in [0.15, 0.2) is 23.8 Å². The Labute approximate surface area is 103 Å². The first-order chi connectivity index (χ1) is 7.84. The average molecular weight is 234 g/mol. The predicted molar refractivity (Wildman–Crippen MR) is 68.5 cm³/mol. The van der Waals surface area contributed by atoms with Crippen LogP contribution in [0.25, 0.3) is 0 Å². The molecule has 0 radical (unpaired) electrons. The van der Waals surface area contributed by atoms with Gasteiger partial charge in [0.05, 0.1) is 0 Å². The second kappa shape index (κ2) is 4.09. The highest BCUT2D eigenvalue weighted by atomic mass is 16.3. The highest BCUT2D eigenvalue weighted by Crippen LogP contribution is 2.56. The topological polar surface area (TPSA) is 37.3 Å². The number of hydrogen-bond acceptors (Lipinski definition) is 2. The van der Waals surface area contributed by atoms with Crippen LogP contribution in [0.2, 0.25) is 0 Å². The maximum atomic E-state index is 12.1. The van der Waals surface area contributed by atoms with E-state index in [1.165, 1.54) is 5.57 Å². The van der Waals surface area contributed by atoms with Gasteiger partial charge in [0.2, 0.25) is 0 Å². The van der Waals surface area contributed by atoms with E-state index in [2.05, 4.69) is 20.4 Å². The molecular weight excluding hydrogens is 212 g/mol. The maximum absolute atomic E-state index is 12.1. The van der Waals surface area contributed by atoms with E-state index < -0.39 is 6.10 Å². The minimum Gasteiger partial charge on any atom is -0.385 e. The Hall–Kier alpha value is -0.890. The van der Waals surface area contributed by atoms with Crippen LogP contribution in [0.5, 0.6) is 0 Å². The third-order valence-electron chi connectivity index (χ3n) is 4.52. The number of ketones is 1. The van der Waals surface area contributed by atoms with Gasteiger partial charge in [-0.05, 0) is 43.1 Å². The zero-order valence-corrected chi connectivity index (χ0v) is 11.0. The highest BCUT2D eigenvalue weighted by Gasteiger charge is 2.53. The van der Waals surface area contributed by atoms with Crippen molar-refractivity contribution in [2.75, 3.05) is 0 Å². The molecule has 0 aliphatic heterocycles. The number of aliphatic hydroxyl groups excluding tert-OH is 1. The first kappa shape index (κ1) is 12.6. The molecule has 1 saturated carbocycles. The van der Waals surface area contributed by atoms with E-state index in [1.807, 2.05) is 6.08 Å². The number of carbonyl (C=O) groups is 1. The van der Waals surface area contributed by atoms with Crippen molar-refractivity contribution >= 4 is 5.78 Å². The van der Waals surface area contributed by atoms with E-state index in [0.717, 1.165) is 19.3 Å². The van der Waals surface area contributed by atoms with Crippen molar-refractivity contribution in [1.82, 2.24) is 0 Å². The molecule has 3 unspecified atom stereocenters. The van der Waals surface area contributed by atoms with Crippen LogP contribution < -0.4 is 0 Å². The lowest BCUT2D eigenvalue weighted by molar-refractivity contribution is -0.139. The van der Waals surface area contributed by atoms with Crippen LogP contribution in [-0.2, 0) is 4.79 Å². The zero-order valence-electron chi connectivity index (χ0n) is 11.0. The van der Waals surface area contributed by atoms with Gasteiger partial charge in [-0.15, -0.1) is 0 Å². The summed E-state index contributed by atoms with van der Waals surface area (Å²) in [4.78, 5) is 12.1. The van der Waals surface area contributed by atoms with E-state index in [1.54, 1.807) is 6.92 Å². The van der Waals surface area contributed by atoms with Crippen molar-refractivity contribution < 1.29 is 9.90 Å². The first-order valence-corrected chi connectivity index (χ1v) is 6.41. The molecule has 1 fully saturated rings. The normalized spacial score (nSPS) is 40.2. The van der Waals surface area contributed by atoms with Crippen LogP contribution in [-0.4, -0.2) is 17.0 Å². The standard InChI is InChI=1S/C15H22O2/c1-9-6-5-7-10(2)13(16)14(17)12-11(9)8-15(12,3)4/h7,11-12,14,17H,1,5-6,8H2,2-4H3/b10-7+. The molecule has 94 valence electrons. The Balaban J connectivity index is 2.33. The second-order valence-corrected chi connectivity index (χ2v) is 6.22. The average Bonchev–Trinajstić information content (AvgIpc) is 2.26. The summed E-state index contributed by atoms with van der Waals surface area (Å²) in [6.45, 7) is 10.2. The summed E-state index contributed by atoms with van der Waals surface area (Å²) in [5.74, 6) is 0.273. The van der Waals surface area contributed by atoms with Gasteiger partial charge < -0.3 is 5.11 Å². The monoisotopic (exact) mass is 234 g/mol. The van der Waals surface area contributed by atoms with Gasteiger partial charge in [0.25, 0.3) is 0 Å². The number of carbonyl (C=O) groups excluding carboxylic acids is 1. The van der Waals surface area contributed by atoms with Gasteiger partial charge in [0, 0.05) is 5.92 Å². The molecule has 17 heavy (non-hydrogen) atoms. The summed E-state index contributed by atoms with van der Waals surface area (Å²) < 4.78 is 0. The van der Waals surface area contributed by atoms with Crippen LogP contribution in [0.3, 0.4) is 0 Å². The van der Waals surface area contributed by atoms with Gasteiger partial charge in [-0.1, -0.05) is 32.1 Å². The summed E-state index contributed by atoms with van der Waals surface area (Å²) in [5.41, 5.74) is 1.95. The van der Waals surface area contributed by atoms with E-state index in [0.29, 0.717) is 11.5 Å². The molecule has 1 N–H and O–H groups in total. The molecule has 0 heterocycles. The predicted octanol–water partition coefficient (Wildman–Crippen LogP) is 2.88. The van der Waals surface area contributed by atoms with Crippen molar-refractivity contribution in [1.29, 1.82) is 0 Å². The Bertz CT molecular complexity index is 390. The molecular formula is C15H22O2. The lowest BCUT2D eigenvalue weighted by atomic mass is 9.51. The van der Waals surface area contributed by atoms with E-state index in [4.69, 9.17) is 0 Å². The zero-order chi connectivity index (χ0) is 12.8. The van der Waals surface area contributed by atoms with Crippen molar-refractivity contribution in [3.8, 4) is 0 Å². The summed E-state index contributed by atoms with van der Waals surface area (Å²) in [6.07, 6.45) is 3.94. The maximum Gasteiger partial charge on any atom is 0.186 e. The molecule has 3 atom stereocenters. The molecule has 0 aromatic rings. The van der Waals surface area contributed by atoms with E-state index >= 15 is 0 Å². The molecule has 0 spiro atoms. The Morgan fingerprint density at radius 3 is 2.71 bits per heavy atom. The number of fused-ring (bicyclic) bond motifs is 1. The SMILES string of the molecule is C=C1CC/C=C(\C)C(=O)C(O)C2C1CC2(C)C. The third kappa shape index (κ3) is 1.99. The Morgan fingerprint density at radius 1 is 1.47 bits per heavy atom. The molecule has 2 aliphatic rings. The Morgan fingerprint density at radius 2 is 2.12 bits per heavy atom. The minimum atomic E-state index is -0.852. The van der Waals surface area contributed by atoms with Crippen molar-refractivity contribution in [2.24, 2.45) is 17.3 Å². The molecule has 0 bridgehead atoms. The van der Waals surface area contributed by atoms with Gasteiger partial charge in [-0.3, -0.25) is 4.79 Å². The van der Waals surface area contributed by atoms with E-state index in [-0.39, 0.29) is 17.1 Å². The first-order valence-electron chi connectivity index (χ1n) is 6.41. The number of aliphatic hydroxyl groups is 1. The quantitative estimate of drug-likeness (QED) is 0.654. The molecule has 0 aromatic heterocycles. The minimum absolute atomic E-state index is 0.0453. The summed E-state index contributed by atoms with van der Waals surface area (Å²) in [7, 11) is 0. The smallest absolute Gasteiger partial charge is 0.186 e. The van der Waals surface area contributed by atoms with E-state index in [9.17, 15) is 9.90 Å². The molecule has 2 rings (SSSR count). The molecule has 2 nitrogen and oxygen atoms in total. The number of Topliss-reactive ketones (excluding diaryl/α,β-unsaturated/α-hetero) is 1. The molecule has 0 saturated heterocycles. The van der Waals surface area contributed by atoms with Crippen LogP contribution in [0.1, 0.15) is 40.0 Å². The molecule has 2 aliphatic carbocycles. The lowest BCUT2D eigenvalue weighted by Gasteiger charge is -2.54. The van der Waals surface area contributed by atoms with Gasteiger partial charge in [-0.25, -0.2) is 0 Å². The summed E-state index contributed by atoms with van der Waals surface area (Å²) in [5, 5.41) is 10.3. The van der Waals surface area contributed by atoms with Crippen LogP contribution >= 0.6 is 0 Å². The number of allylic oxidation sites excluding steroid dienone is 2. The fraction of sp³-hybridized carbons (Fsp3) is 0.667. The lowest BCUT2D eigenvalue weighted by Crippen LogP contribution is -2.53. The fourth-order valence-electron chi connectivity index (χ4n) is 3.42. The second-order valence-electron chi connectivity index (χ2n) is 6.22. The van der Waals surface area contributed by atoms with Gasteiger partial charge in [-0.2, -0.15) is 0 Å². The van der Waals surface area contributed by atoms with Crippen molar-refractivity contribution in [3.05, 3.63) is 23.8 Å².